The summed E-state index contributed by atoms with van der Waals surface area (Å²) in [5.74, 6) is -0.0460. The number of aryl methyl sites for hydroxylation is 1. The summed E-state index contributed by atoms with van der Waals surface area (Å²) >= 11 is 6.12. The lowest BCUT2D eigenvalue weighted by molar-refractivity contribution is 0.0940. The second kappa shape index (κ2) is 5.02. The Morgan fingerprint density at radius 2 is 2.22 bits per heavy atom. The van der Waals surface area contributed by atoms with Crippen molar-refractivity contribution in [3.05, 3.63) is 34.5 Å². The third kappa shape index (κ3) is 2.23. The summed E-state index contributed by atoms with van der Waals surface area (Å²) in [6.07, 6.45) is 0.911. The molecule has 0 fully saturated rings. The quantitative estimate of drug-likeness (QED) is 0.873. The van der Waals surface area contributed by atoms with Gasteiger partial charge in [-0.3, -0.25) is 4.79 Å². The minimum Gasteiger partial charge on any atom is -0.357 e. The van der Waals surface area contributed by atoms with Crippen LogP contribution < -0.4 is 5.32 Å². The second-order valence-corrected chi connectivity index (χ2v) is 4.98. The molecular formula is C14H17ClN2O. The summed E-state index contributed by atoms with van der Waals surface area (Å²) in [6.45, 7) is 5.93. The maximum absolute atomic E-state index is 12.2. The number of H-pyrrole nitrogens is 1. The van der Waals surface area contributed by atoms with Crippen molar-refractivity contribution in [1.82, 2.24) is 10.3 Å². The van der Waals surface area contributed by atoms with Gasteiger partial charge in [0, 0.05) is 17.1 Å². The highest BCUT2D eigenvalue weighted by molar-refractivity contribution is 6.35. The van der Waals surface area contributed by atoms with Gasteiger partial charge in [-0.1, -0.05) is 30.7 Å². The molecule has 1 aromatic carbocycles. The summed E-state index contributed by atoms with van der Waals surface area (Å²) in [6, 6.07) is 5.76. The number of benzene rings is 1. The van der Waals surface area contributed by atoms with Crippen LogP contribution in [-0.4, -0.2) is 16.9 Å². The highest BCUT2D eigenvalue weighted by Gasteiger charge is 2.18. The minimum absolute atomic E-state index is 0.0460. The molecule has 1 amide bonds. The van der Waals surface area contributed by atoms with Gasteiger partial charge in [-0.05, 0) is 26.3 Å². The van der Waals surface area contributed by atoms with Gasteiger partial charge in [0.25, 0.3) is 5.91 Å². The average Bonchev–Trinajstić information content (AvgIpc) is 2.67. The van der Waals surface area contributed by atoms with Gasteiger partial charge in [-0.25, -0.2) is 0 Å². The molecule has 0 aliphatic heterocycles. The van der Waals surface area contributed by atoms with E-state index in [-0.39, 0.29) is 11.9 Å². The van der Waals surface area contributed by atoms with Crippen molar-refractivity contribution in [1.29, 1.82) is 0 Å². The van der Waals surface area contributed by atoms with Crippen molar-refractivity contribution >= 4 is 28.4 Å². The molecule has 3 nitrogen and oxygen atoms in total. The highest BCUT2D eigenvalue weighted by Crippen LogP contribution is 2.27. The van der Waals surface area contributed by atoms with Crippen molar-refractivity contribution in [3.63, 3.8) is 0 Å². The summed E-state index contributed by atoms with van der Waals surface area (Å²) in [7, 11) is 0. The number of hydrogen-bond donors (Lipinski definition) is 2. The molecule has 2 N–H and O–H groups in total. The summed E-state index contributed by atoms with van der Waals surface area (Å²) in [5, 5.41) is 4.50. The van der Waals surface area contributed by atoms with E-state index in [1.807, 2.05) is 39.0 Å². The SMILES string of the molecule is CCC(C)NC(=O)c1c(C)[nH]c2c(Cl)cccc12. The largest absolute Gasteiger partial charge is 0.357 e. The van der Waals surface area contributed by atoms with E-state index >= 15 is 0 Å². The van der Waals surface area contributed by atoms with Gasteiger partial charge in [0.1, 0.15) is 0 Å². The molecular weight excluding hydrogens is 248 g/mol. The summed E-state index contributed by atoms with van der Waals surface area (Å²) in [4.78, 5) is 15.4. The zero-order valence-corrected chi connectivity index (χ0v) is 11.6. The van der Waals surface area contributed by atoms with Crippen LogP contribution in [0.15, 0.2) is 18.2 Å². The molecule has 1 heterocycles. The van der Waals surface area contributed by atoms with Crippen LogP contribution in [0.25, 0.3) is 10.9 Å². The van der Waals surface area contributed by atoms with E-state index < -0.39 is 0 Å². The Morgan fingerprint density at radius 3 is 2.89 bits per heavy atom. The van der Waals surface area contributed by atoms with Crippen LogP contribution in [0, 0.1) is 6.92 Å². The van der Waals surface area contributed by atoms with Crippen LogP contribution >= 0.6 is 11.6 Å². The molecule has 0 radical (unpaired) electrons. The Kier molecular flexibility index (Phi) is 3.62. The van der Waals surface area contributed by atoms with Crippen molar-refractivity contribution < 1.29 is 4.79 Å². The molecule has 2 aromatic rings. The molecule has 18 heavy (non-hydrogen) atoms. The predicted octanol–water partition coefficient (Wildman–Crippen LogP) is 3.66. The molecule has 0 saturated carbocycles. The lowest BCUT2D eigenvalue weighted by Crippen LogP contribution is -2.32. The van der Waals surface area contributed by atoms with E-state index in [2.05, 4.69) is 10.3 Å². The Balaban J connectivity index is 2.47. The minimum atomic E-state index is -0.0460. The molecule has 0 aliphatic rings. The van der Waals surface area contributed by atoms with E-state index in [0.29, 0.717) is 10.6 Å². The molecule has 0 spiro atoms. The topological polar surface area (TPSA) is 44.9 Å². The maximum atomic E-state index is 12.2. The van der Waals surface area contributed by atoms with Gasteiger partial charge in [-0.15, -0.1) is 0 Å². The zero-order valence-electron chi connectivity index (χ0n) is 10.8. The normalized spacial score (nSPS) is 12.7. The second-order valence-electron chi connectivity index (χ2n) is 4.57. The first-order valence-electron chi connectivity index (χ1n) is 6.12. The molecule has 0 aliphatic carbocycles. The lowest BCUT2D eigenvalue weighted by atomic mass is 10.1. The smallest absolute Gasteiger partial charge is 0.253 e. The van der Waals surface area contributed by atoms with Crippen LogP contribution in [0.1, 0.15) is 36.3 Å². The lowest BCUT2D eigenvalue weighted by Gasteiger charge is -2.11. The van der Waals surface area contributed by atoms with Gasteiger partial charge in [-0.2, -0.15) is 0 Å². The number of carbonyl (C=O) groups excluding carboxylic acids is 1. The summed E-state index contributed by atoms with van der Waals surface area (Å²) in [5.41, 5.74) is 2.36. The van der Waals surface area contributed by atoms with Gasteiger partial charge < -0.3 is 10.3 Å². The number of aromatic amines is 1. The van der Waals surface area contributed by atoms with Gasteiger partial charge in [0.2, 0.25) is 0 Å². The Labute approximate surface area is 112 Å². The van der Waals surface area contributed by atoms with Crippen LogP contribution in [-0.2, 0) is 0 Å². The number of nitrogens with one attached hydrogen (secondary N) is 2. The van der Waals surface area contributed by atoms with Gasteiger partial charge in [0.15, 0.2) is 0 Å². The zero-order chi connectivity index (χ0) is 13.3. The molecule has 0 bridgehead atoms. The van der Waals surface area contributed by atoms with Gasteiger partial charge >= 0.3 is 0 Å². The first-order chi connectivity index (χ1) is 8.54. The van der Waals surface area contributed by atoms with Crippen molar-refractivity contribution in [3.8, 4) is 0 Å². The molecule has 0 saturated heterocycles. The fraction of sp³-hybridized carbons (Fsp3) is 0.357. The Bertz CT molecular complexity index is 589. The van der Waals surface area contributed by atoms with Crippen LogP contribution in [0.5, 0.6) is 0 Å². The Hall–Kier alpha value is -1.48. The molecule has 1 aromatic heterocycles. The summed E-state index contributed by atoms with van der Waals surface area (Å²) < 4.78 is 0. The fourth-order valence-electron chi connectivity index (χ4n) is 2.00. The number of halogens is 1. The van der Waals surface area contributed by atoms with Crippen molar-refractivity contribution in [2.45, 2.75) is 33.2 Å². The third-order valence-electron chi connectivity index (χ3n) is 3.19. The molecule has 4 heteroatoms. The van der Waals surface area contributed by atoms with Gasteiger partial charge in [0.05, 0.1) is 16.1 Å². The van der Waals surface area contributed by atoms with Crippen molar-refractivity contribution in [2.75, 3.05) is 0 Å². The number of fused-ring (bicyclic) bond motifs is 1. The number of para-hydroxylation sites is 1. The number of carbonyl (C=O) groups is 1. The molecule has 96 valence electrons. The number of hydrogen-bond acceptors (Lipinski definition) is 1. The van der Waals surface area contributed by atoms with E-state index in [4.69, 9.17) is 11.6 Å². The van der Waals surface area contributed by atoms with E-state index in [0.717, 1.165) is 23.0 Å². The monoisotopic (exact) mass is 264 g/mol. The predicted molar refractivity (Wildman–Crippen MR) is 75.3 cm³/mol. The molecule has 1 atom stereocenters. The van der Waals surface area contributed by atoms with Crippen LogP contribution in [0.3, 0.4) is 0 Å². The number of amides is 1. The highest BCUT2D eigenvalue weighted by atomic mass is 35.5. The van der Waals surface area contributed by atoms with E-state index in [1.54, 1.807) is 0 Å². The number of rotatable bonds is 3. The van der Waals surface area contributed by atoms with E-state index in [9.17, 15) is 4.79 Å². The first-order valence-corrected chi connectivity index (χ1v) is 6.50. The standard InChI is InChI=1S/C14H17ClN2O/c1-4-8(2)16-14(18)12-9(3)17-13-10(12)6-5-7-11(13)15/h5-8,17H,4H2,1-3H3,(H,16,18). The fourth-order valence-corrected chi connectivity index (χ4v) is 2.22. The molecule has 1 unspecified atom stereocenters. The van der Waals surface area contributed by atoms with Crippen LogP contribution in [0.4, 0.5) is 0 Å². The van der Waals surface area contributed by atoms with E-state index in [1.165, 1.54) is 0 Å². The third-order valence-corrected chi connectivity index (χ3v) is 3.50. The first kappa shape index (κ1) is 13.0. The maximum Gasteiger partial charge on any atom is 0.253 e. The Morgan fingerprint density at radius 1 is 1.50 bits per heavy atom. The number of aromatic nitrogens is 1. The molecule has 2 rings (SSSR count). The average molecular weight is 265 g/mol. The van der Waals surface area contributed by atoms with Crippen LogP contribution in [0.2, 0.25) is 5.02 Å². The van der Waals surface area contributed by atoms with Crippen molar-refractivity contribution in [2.24, 2.45) is 0 Å².